The fourth-order valence-corrected chi connectivity index (χ4v) is 2.39. The smallest absolute Gasteiger partial charge is 0.0606 e. The van der Waals surface area contributed by atoms with Crippen LogP contribution in [0.4, 0.5) is 22.7 Å². The van der Waals surface area contributed by atoms with Crippen molar-refractivity contribution in [1.82, 2.24) is 0 Å². The molecule has 0 spiro atoms. The van der Waals surface area contributed by atoms with Gasteiger partial charge in [0, 0.05) is 47.0 Å². The highest BCUT2D eigenvalue weighted by atomic mass is 16.3. The molecule has 0 unspecified atom stereocenters. The van der Waals surface area contributed by atoms with E-state index in [1.54, 1.807) is 24.3 Å². The van der Waals surface area contributed by atoms with Crippen LogP contribution >= 0.6 is 0 Å². The number of hydrogen-bond acceptors (Lipinski definition) is 6. The second kappa shape index (κ2) is 7.02. The monoisotopic (exact) mass is 302 g/mol. The SMILES string of the molecule is Nc1ccc(N)c(-c2cc(N(CCO)CCO)ccc2N)c1. The molecule has 0 fully saturated rings. The quantitative estimate of drug-likeness (QED) is 0.505. The van der Waals surface area contributed by atoms with Crippen LogP contribution in [0.25, 0.3) is 11.1 Å². The fourth-order valence-electron chi connectivity index (χ4n) is 2.39. The molecule has 8 N–H and O–H groups in total. The molecule has 2 aromatic carbocycles. The van der Waals surface area contributed by atoms with Gasteiger partial charge in [-0.1, -0.05) is 0 Å². The summed E-state index contributed by atoms with van der Waals surface area (Å²) in [6, 6.07) is 10.8. The second-order valence-corrected chi connectivity index (χ2v) is 5.05. The summed E-state index contributed by atoms with van der Waals surface area (Å²) in [4.78, 5) is 1.88. The Hall–Kier alpha value is -2.44. The molecule has 2 rings (SSSR count). The zero-order chi connectivity index (χ0) is 16.1. The predicted octanol–water partition coefficient (Wildman–Crippen LogP) is 0.891. The largest absolute Gasteiger partial charge is 0.399 e. The lowest BCUT2D eigenvalue weighted by molar-refractivity contribution is 0.281. The standard InChI is InChI=1S/C16H22N4O2/c17-11-1-3-15(18)13(9-11)14-10-12(2-4-16(14)19)20(5-7-21)6-8-22/h1-4,9-10,21-22H,5-8,17-19H2. The zero-order valence-corrected chi connectivity index (χ0v) is 12.4. The minimum Gasteiger partial charge on any atom is -0.399 e. The maximum Gasteiger partial charge on any atom is 0.0606 e. The van der Waals surface area contributed by atoms with Crippen molar-refractivity contribution in [1.29, 1.82) is 0 Å². The summed E-state index contributed by atoms with van der Waals surface area (Å²) < 4.78 is 0. The van der Waals surface area contributed by atoms with Crippen molar-refractivity contribution < 1.29 is 10.2 Å². The summed E-state index contributed by atoms with van der Waals surface area (Å²) in [5.74, 6) is 0. The minimum atomic E-state index is 0.000133. The molecular weight excluding hydrogens is 280 g/mol. The normalized spacial score (nSPS) is 10.6. The fraction of sp³-hybridized carbons (Fsp3) is 0.250. The van der Waals surface area contributed by atoms with Gasteiger partial charge in [0.05, 0.1) is 13.2 Å². The Kier molecular flexibility index (Phi) is 5.08. The van der Waals surface area contributed by atoms with Gasteiger partial charge in [-0.3, -0.25) is 0 Å². The van der Waals surface area contributed by atoms with E-state index in [0.29, 0.717) is 30.2 Å². The van der Waals surface area contributed by atoms with E-state index in [1.165, 1.54) is 0 Å². The van der Waals surface area contributed by atoms with E-state index in [0.717, 1.165) is 16.8 Å². The van der Waals surface area contributed by atoms with E-state index in [2.05, 4.69) is 0 Å². The molecule has 0 aliphatic rings. The van der Waals surface area contributed by atoms with Crippen molar-refractivity contribution in [3.05, 3.63) is 36.4 Å². The van der Waals surface area contributed by atoms with Gasteiger partial charge in [-0.25, -0.2) is 0 Å². The van der Waals surface area contributed by atoms with Gasteiger partial charge < -0.3 is 32.3 Å². The molecule has 6 heteroatoms. The third-order valence-corrected chi connectivity index (χ3v) is 3.51. The van der Waals surface area contributed by atoms with E-state index in [1.807, 2.05) is 17.0 Å². The minimum absolute atomic E-state index is 0.000133. The van der Waals surface area contributed by atoms with Crippen LogP contribution in [0.2, 0.25) is 0 Å². The number of nitrogens with zero attached hydrogens (tertiary/aromatic N) is 1. The maximum absolute atomic E-state index is 9.16. The molecule has 0 saturated heterocycles. The Morgan fingerprint density at radius 1 is 0.773 bits per heavy atom. The molecule has 0 aliphatic heterocycles. The van der Waals surface area contributed by atoms with Gasteiger partial charge in [-0.05, 0) is 36.4 Å². The molecule has 0 heterocycles. The highest BCUT2D eigenvalue weighted by Crippen LogP contribution is 2.35. The van der Waals surface area contributed by atoms with Gasteiger partial charge in [0.1, 0.15) is 0 Å². The molecule has 0 saturated carbocycles. The zero-order valence-electron chi connectivity index (χ0n) is 12.4. The molecule has 118 valence electrons. The molecule has 2 aromatic rings. The Morgan fingerprint density at radius 2 is 1.32 bits per heavy atom. The van der Waals surface area contributed by atoms with Crippen LogP contribution in [0, 0.1) is 0 Å². The molecule has 0 amide bonds. The Morgan fingerprint density at radius 3 is 1.91 bits per heavy atom. The summed E-state index contributed by atoms with van der Waals surface area (Å²) in [5.41, 5.74) is 22.1. The summed E-state index contributed by atoms with van der Waals surface area (Å²) in [6.45, 7) is 0.854. The Bertz CT molecular complexity index is 640. The number of nitrogen functional groups attached to an aromatic ring is 3. The van der Waals surface area contributed by atoms with Gasteiger partial charge in [0.2, 0.25) is 0 Å². The van der Waals surface area contributed by atoms with Crippen LogP contribution in [-0.4, -0.2) is 36.5 Å². The number of aliphatic hydroxyl groups is 2. The number of rotatable bonds is 6. The number of benzene rings is 2. The van der Waals surface area contributed by atoms with E-state index >= 15 is 0 Å². The van der Waals surface area contributed by atoms with E-state index < -0.39 is 0 Å². The second-order valence-electron chi connectivity index (χ2n) is 5.05. The van der Waals surface area contributed by atoms with Gasteiger partial charge in [0.15, 0.2) is 0 Å². The summed E-state index contributed by atoms with van der Waals surface area (Å²) in [7, 11) is 0. The summed E-state index contributed by atoms with van der Waals surface area (Å²) in [5, 5.41) is 18.3. The summed E-state index contributed by atoms with van der Waals surface area (Å²) >= 11 is 0. The van der Waals surface area contributed by atoms with Crippen molar-refractivity contribution in [2.45, 2.75) is 0 Å². The average molecular weight is 302 g/mol. The molecule has 0 aliphatic carbocycles. The first-order valence-electron chi connectivity index (χ1n) is 7.08. The molecule has 0 radical (unpaired) electrons. The molecular formula is C16H22N4O2. The van der Waals surface area contributed by atoms with Crippen LogP contribution in [0.1, 0.15) is 0 Å². The highest BCUT2D eigenvalue weighted by molar-refractivity contribution is 5.88. The van der Waals surface area contributed by atoms with Crippen molar-refractivity contribution in [2.24, 2.45) is 0 Å². The van der Waals surface area contributed by atoms with Crippen LogP contribution < -0.4 is 22.1 Å². The Balaban J connectivity index is 2.48. The van der Waals surface area contributed by atoms with Crippen molar-refractivity contribution in [2.75, 3.05) is 48.4 Å². The third kappa shape index (κ3) is 3.41. The first kappa shape index (κ1) is 15.9. The van der Waals surface area contributed by atoms with Crippen molar-refractivity contribution in [3.8, 4) is 11.1 Å². The van der Waals surface area contributed by atoms with Crippen LogP contribution in [0.3, 0.4) is 0 Å². The van der Waals surface area contributed by atoms with Crippen LogP contribution in [-0.2, 0) is 0 Å². The molecule has 0 atom stereocenters. The number of aliphatic hydroxyl groups excluding tert-OH is 2. The number of hydrogen-bond donors (Lipinski definition) is 5. The Labute approximate surface area is 129 Å². The molecule has 0 bridgehead atoms. The van der Waals surface area contributed by atoms with Gasteiger partial charge >= 0.3 is 0 Å². The van der Waals surface area contributed by atoms with Gasteiger partial charge in [-0.15, -0.1) is 0 Å². The molecule has 6 nitrogen and oxygen atoms in total. The molecule has 22 heavy (non-hydrogen) atoms. The topological polar surface area (TPSA) is 122 Å². The lowest BCUT2D eigenvalue weighted by Gasteiger charge is -2.24. The van der Waals surface area contributed by atoms with Crippen molar-refractivity contribution >= 4 is 22.7 Å². The van der Waals surface area contributed by atoms with E-state index in [9.17, 15) is 0 Å². The average Bonchev–Trinajstić information content (AvgIpc) is 2.50. The van der Waals surface area contributed by atoms with Crippen LogP contribution in [0.15, 0.2) is 36.4 Å². The maximum atomic E-state index is 9.16. The van der Waals surface area contributed by atoms with E-state index in [4.69, 9.17) is 27.4 Å². The lowest BCUT2D eigenvalue weighted by Crippen LogP contribution is -2.29. The first-order valence-corrected chi connectivity index (χ1v) is 7.08. The van der Waals surface area contributed by atoms with E-state index in [-0.39, 0.29) is 13.2 Å². The lowest BCUT2D eigenvalue weighted by atomic mass is 10.0. The summed E-state index contributed by atoms with van der Waals surface area (Å²) in [6.07, 6.45) is 0. The highest BCUT2D eigenvalue weighted by Gasteiger charge is 2.12. The molecule has 0 aromatic heterocycles. The van der Waals surface area contributed by atoms with Crippen molar-refractivity contribution in [3.63, 3.8) is 0 Å². The third-order valence-electron chi connectivity index (χ3n) is 3.51. The number of anilines is 4. The number of nitrogens with two attached hydrogens (primary N) is 3. The van der Waals surface area contributed by atoms with Crippen LogP contribution in [0.5, 0.6) is 0 Å². The van der Waals surface area contributed by atoms with Gasteiger partial charge in [-0.2, -0.15) is 0 Å². The van der Waals surface area contributed by atoms with Gasteiger partial charge in [0.25, 0.3) is 0 Å². The first-order chi connectivity index (χ1) is 10.6. The predicted molar refractivity (Wildman–Crippen MR) is 91.5 cm³/mol.